The number of hydrogen-bond acceptors (Lipinski definition) is 4. The predicted molar refractivity (Wildman–Crippen MR) is 63.3 cm³/mol. The number of aromatic nitrogens is 1. The summed E-state index contributed by atoms with van der Waals surface area (Å²) in [7, 11) is 1.60. The number of anilines is 1. The third kappa shape index (κ3) is 2.93. The number of aliphatic hydroxyl groups excluding tert-OH is 1. The fraction of sp³-hybridized carbons (Fsp3) is 0.545. The van der Waals surface area contributed by atoms with Gasteiger partial charge in [-0.1, -0.05) is 11.6 Å². The van der Waals surface area contributed by atoms with Gasteiger partial charge >= 0.3 is 6.18 Å². The van der Waals surface area contributed by atoms with Crippen molar-refractivity contribution in [2.75, 3.05) is 25.2 Å². The maximum absolute atomic E-state index is 12.5. The molecule has 106 valence electrons. The van der Waals surface area contributed by atoms with E-state index in [0.29, 0.717) is 0 Å². The van der Waals surface area contributed by atoms with E-state index in [1.165, 1.54) is 4.90 Å². The molecule has 1 aromatic rings. The fourth-order valence-corrected chi connectivity index (χ4v) is 2.20. The SMILES string of the molecule is CN(c1ncc(C(F)(F)F)cc1Cl)C1COCC1O. The van der Waals surface area contributed by atoms with Crippen molar-refractivity contribution in [1.82, 2.24) is 4.98 Å². The van der Waals surface area contributed by atoms with Crippen molar-refractivity contribution in [2.24, 2.45) is 0 Å². The maximum atomic E-state index is 12.5. The van der Waals surface area contributed by atoms with E-state index in [-0.39, 0.29) is 30.1 Å². The number of halogens is 4. The number of pyridine rings is 1. The second kappa shape index (κ2) is 5.15. The Hall–Kier alpha value is -1.05. The monoisotopic (exact) mass is 296 g/mol. The molecule has 1 fully saturated rings. The number of alkyl halides is 3. The largest absolute Gasteiger partial charge is 0.417 e. The standard InChI is InChI=1S/C11H12ClF3N2O2/c1-17(8-4-19-5-9(8)18)10-7(12)2-6(3-16-10)11(13,14)15/h2-3,8-9,18H,4-5H2,1H3. The Labute approximate surface area is 112 Å². The molecule has 1 aromatic heterocycles. The molecule has 1 saturated heterocycles. The summed E-state index contributed by atoms with van der Waals surface area (Å²) in [6.45, 7) is 0.462. The Morgan fingerprint density at radius 1 is 1.47 bits per heavy atom. The zero-order valence-electron chi connectivity index (χ0n) is 9.99. The molecule has 2 atom stereocenters. The fourth-order valence-electron chi connectivity index (χ4n) is 1.90. The summed E-state index contributed by atoms with van der Waals surface area (Å²) in [5, 5.41) is 9.56. The molecule has 19 heavy (non-hydrogen) atoms. The molecule has 0 spiro atoms. The molecule has 8 heteroatoms. The molecule has 4 nitrogen and oxygen atoms in total. The van der Waals surface area contributed by atoms with Gasteiger partial charge in [-0.3, -0.25) is 0 Å². The van der Waals surface area contributed by atoms with Crippen molar-refractivity contribution in [2.45, 2.75) is 18.3 Å². The number of aliphatic hydroxyl groups is 1. The van der Waals surface area contributed by atoms with Gasteiger partial charge in [0.25, 0.3) is 0 Å². The third-order valence-electron chi connectivity index (χ3n) is 3.00. The van der Waals surface area contributed by atoms with Crippen LogP contribution in [0.4, 0.5) is 19.0 Å². The van der Waals surface area contributed by atoms with E-state index in [0.717, 1.165) is 12.3 Å². The van der Waals surface area contributed by atoms with Crippen molar-refractivity contribution in [1.29, 1.82) is 0 Å². The minimum atomic E-state index is -4.48. The maximum Gasteiger partial charge on any atom is 0.417 e. The van der Waals surface area contributed by atoms with E-state index in [1.807, 2.05) is 0 Å². The van der Waals surface area contributed by atoms with E-state index in [4.69, 9.17) is 16.3 Å². The number of likely N-dealkylation sites (N-methyl/N-ethyl adjacent to an activating group) is 1. The van der Waals surface area contributed by atoms with E-state index >= 15 is 0 Å². The zero-order valence-corrected chi connectivity index (χ0v) is 10.7. The number of hydrogen-bond donors (Lipinski definition) is 1. The van der Waals surface area contributed by atoms with E-state index in [9.17, 15) is 18.3 Å². The Morgan fingerprint density at radius 2 is 2.16 bits per heavy atom. The van der Waals surface area contributed by atoms with E-state index in [1.54, 1.807) is 7.05 Å². The number of nitrogens with zero attached hydrogens (tertiary/aromatic N) is 2. The van der Waals surface area contributed by atoms with Gasteiger partial charge < -0.3 is 14.7 Å². The highest BCUT2D eigenvalue weighted by molar-refractivity contribution is 6.33. The Morgan fingerprint density at radius 3 is 2.63 bits per heavy atom. The topological polar surface area (TPSA) is 45.6 Å². The van der Waals surface area contributed by atoms with Crippen molar-refractivity contribution >= 4 is 17.4 Å². The zero-order chi connectivity index (χ0) is 14.2. The lowest BCUT2D eigenvalue weighted by atomic mass is 10.2. The summed E-state index contributed by atoms with van der Waals surface area (Å²) < 4.78 is 42.6. The molecule has 1 N–H and O–H groups in total. The van der Waals surface area contributed by atoms with Crippen LogP contribution in [0.3, 0.4) is 0 Å². The molecular formula is C11H12ClF3N2O2. The third-order valence-corrected chi connectivity index (χ3v) is 3.28. The van der Waals surface area contributed by atoms with E-state index in [2.05, 4.69) is 4.98 Å². The minimum Gasteiger partial charge on any atom is -0.388 e. The van der Waals surface area contributed by atoms with Crippen LogP contribution in [0.5, 0.6) is 0 Å². The first-order chi connectivity index (χ1) is 8.80. The number of ether oxygens (including phenoxy) is 1. The van der Waals surface area contributed by atoms with Crippen LogP contribution >= 0.6 is 11.6 Å². The van der Waals surface area contributed by atoms with Crippen LogP contribution in [0.15, 0.2) is 12.3 Å². The van der Waals surface area contributed by atoms with Crippen molar-refractivity contribution in [3.8, 4) is 0 Å². The van der Waals surface area contributed by atoms with Crippen LogP contribution in [-0.4, -0.2) is 42.5 Å². The van der Waals surface area contributed by atoms with Crippen LogP contribution in [0.2, 0.25) is 5.02 Å². The van der Waals surface area contributed by atoms with Gasteiger partial charge in [-0.15, -0.1) is 0 Å². The smallest absolute Gasteiger partial charge is 0.388 e. The highest BCUT2D eigenvalue weighted by Crippen LogP contribution is 2.34. The predicted octanol–water partition coefficient (Wildman–Crippen LogP) is 1.95. The second-order valence-corrected chi connectivity index (χ2v) is 4.72. The Balaban J connectivity index is 2.26. The summed E-state index contributed by atoms with van der Waals surface area (Å²) in [6.07, 6.45) is -4.48. The van der Waals surface area contributed by atoms with E-state index < -0.39 is 17.8 Å². The van der Waals surface area contributed by atoms with Gasteiger partial charge in [0.15, 0.2) is 0 Å². The molecule has 1 aliphatic heterocycles. The summed E-state index contributed by atoms with van der Waals surface area (Å²) in [4.78, 5) is 5.26. The quantitative estimate of drug-likeness (QED) is 0.906. The minimum absolute atomic E-state index is 0.114. The molecule has 0 bridgehead atoms. The van der Waals surface area contributed by atoms with Crippen LogP contribution in [0.25, 0.3) is 0 Å². The molecule has 1 aliphatic rings. The van der Waals surface area contributed by atoms with Crippen molar-refractivity contribution in [3.63, 3.8) is 0 Å². The van der Waals surface area contributed by atoms with Crippen LogP contribution in [0, 0.1) is 0 Å². The summed E-state index contributed by atoms with van der Waals surface area (Å²) in [5.74, 6) is 0.184. The second-order valence-electron chi connectivity index (χ2n) is 4.31. The lowest BCUT2D eigenvalue weighted by Gasteiger charge is -2.27. The molecule has 0 amide bonds. The van der Waals surface area contributed by atoms with Crippen LogP contribution in [-0.2, 0) is 10.9 Å². The summed E-state index contributed by atoms with van der Waals surface area (Å²) in [6, 6.07) is 0.449. The van der Waals surface area contributed by atoms with Gasteiger partial charge in [-0.05, 0) is 6.07 Å². The Bertz CT molecular complexity index is 470. The average molecular weight is 297 g/mol. The molecular weight excluding hydrogens is 285 g/mol. The van der Waals surface area contributed by atoms with Crippen LogP contribution < -0.4 is 4.90 Å². The number of rotatable bonds is 2. The first-order valence-corrected chi connectivity index (χ1v) is 5.90. The molecule has 2 rings (SSSR count). The molecule has 0 aliphatic carbocycles. The molecule has 0 radical (unpaired) electrons. The first-order valence-electron chi connectivity index (χ1n) is 5.52. The normalized spacial score (nSPS) is 23.7. The van der Waals surface area contributed by atoms with Crippen LogP contribution in [0.1, 0.15) is 5.56 Å². The van der Waals surface area contributed by atoms with Gasteiger partial charge in [-0.25, -0.2) is 4.98 Å². The van der Waals surface area contributed by atoms with Gasteiger partial charge in [0.2, 0.25) is 0 Å². The summed E-state index contributed by atoms with van der Waals surface area (Å²) in [5.41, 5.74) is -0.905. The van der Waals surface area contributed by atoms with Gasteiger partial charge in [0, 0.05) is 13.2 Å². The Kier molecular flexibility index (Phi) is 3.89. The summed E-state index contributed by atoms with van der Waals surface area (Å²) >= 11 is 5.83. The molecule has 2 unspecified atom stereocenters. The first kappa shape index (κ1) is 14.4. The lowest BCUT2D eigenvalue weighted by molar-refractivity contribution is -0.137. The lowest BCUT2D eigenvalue weighted by Crippen LogP contribution is -2.41. The highest BCUT2D eigenvalue weighted by atomic mass is 35.5. The van der Waals surface area contributed by atoms with Gasteiger partial charge in [0.05, 0.1) is 35.9 Å². The molecule has 2 heterocycles. The molecule has 0 saturated carbocycles. The van der Waals surface area contributed by atoms with Gasteiger partial charge in [0.1, 0.15) is 5.82 Å². The van der Waals surface area contributed by atoms with Crippen molar-refractivity contribution < 1.29 is 23.0 Å². The molecule has 0 aromatic carbocycles. The van der Waals surface area contributed by atoms with Gasteiger partial charge in [-0.2, -0.15) is 13.2 Å². The average Bonchev–Trinajstić information content (AvgIpc) is 2.73. The van der Waals surface area contributed by atoms with Crippen molar-refractivity contribution in [3.05, 3.63) is 22.8 Å². The highest BCUT2D eigenvalue weighted by Gasteiger charge is 2.34.